The van der Waals surface area contributed by atoms with Crippen molar-refractivity contribution in [2.75, 3.05) is 46.8 Å². The Labute approximate surface area is 123 Å². The first-order valence-corrected chi connectivity index (χ1v) is 7.61. The fourth-order valence-electron chi connectivity index (χ4n) is 2.33. The van der Waals surface area contributed by atoms with Crippen molar-refractivity contribution >= 4 is 6.09 Å². The lowest BCUT2D eigenvalue weighted by molar-refractivity contribution is 0.0166. The van der Waals surface area contributed by atoms with Gasteiger partial charge >= 0.3 is 6.09 Å². The molecule has 0 radical (unpaired) electrons. The molecule has 0 aromatic heterocycles. The minimum absolute atomic E-state index is 0.171. The van der Waals surface area contributed by atoms with Gasteiger partial charge in [-0.05, 0) is 60.2 Å². The van der Waals surface area contributed by atoms with Crippen molar-refractivity contribution in [2.45, 2.75) is 39.2 Å². The highest BCUT2D eigenvalue weighted by molar-refractivity contribution is 5.68. The van der Waals surface area contributed by atoms with Gasteiger partial charge in [-0.1, -0.05) is 0 Å². The molecule has 1 saturated heterocycles. The summed E-state index contributed by atoms with van der Waals surface area (Å²) in [5, 5.41) is 3.47. The maximum absolute atomic E-state index is 12.1. The topological polar surface area (TPSA) is 44.8 Å². The smallest absolute Gasteiger partial charge is 0.410 e. The number of hydrogen-bond donors (Lipinski definition) is 1. The quantitative estimate of drug-likeness (QED) is 0.782. The number of hydrogen-bond acceptors (Lipinski definition) is 4. The summed E-state index contributed by atoms with van der Waals surface area (Å²) in [5.41, 5.74) is -0.409. The normalized spacial score (nSPS) is 20.3. The van der Waals surface area contributed by atoms with Gasteiger partial charge in [0.2, 0.25) is 0 Å². The van der Waals surface area contributed by atoms with Crippen LogP contribution in [0.15, 0.2) is 0 Å². The summed E-state index contributed by atoms with van der Waals surface area (Å²) in [4.78, 5) is 16.1. The fraction of sp³-hybridized carbons (Fsp3) is 0.933. The van der Waals surface area contributed by atoms with Crippen LogP contribution in [-0.2, 0) is 4.74 Å². The lowest BCUT2D eigenvalue weighted by Gasteiger charge is -2.34. The highest BCUT2D eigenvalue weighted by Gasteiger charge is 2.27. The highest BCUT2D eigenvalue weighted by Crippen LogP contribution is 2.18. The Morgan fingerprint density at radius 2 is 2.10 bits per heavy atom. The molecule has 1 fully saturated rings. The Balaban J connectivity index is 2.29. The van der Waals surface area contributed by atoms with Crippen molar-refractivity contribution in [3.05, 3.63) is 0 Å². The van der Waals surface area contributed by atoms with Gasteiger partial charge in [0, 0.05) is 26.2 Å². The van der Waals surface area contributed by atoms with E-state index < -0.39 is 5.60 Å². The van der Waals surface area contributed by atoms with Crippen LogP contribution in [0.3, 0.4) is 0 Å². The third-order valence-corrected chi connectivity index (χ3v) is 3.34. The minimum Gasteiger partial charge on any atom is -0.444 e. The fourth-order valence-corrected chi connectivity index (χ4v) is 2.33. The molecule has 1 heterocycles. The van der Waals surface area contributed by atoms with Crippen molar-refractivity contribution < 1.29 is 9.53 Å². The molecule has 0 aliphatic carbocycles. The van der Waals surface area contributed by atoms with Gasteiger partial charge in [-0.15, -0.1) is 0 Å². The van der Waals surface area contributed by atoms with Crippen LogP contribution in [0.1, 0.15) is 33.6 Å². The van der Waals surface area contributed by atoms with Gasteiger partial charge in [-0.2, -0.15) is 0 Å². The number of ether oxygens (including phenoxy) is 1. The molecule has 1 rings (SSSR count). The zero-order chi connectivity index (χ0) is 15.2. The molecular weight excluding hydrogens is 254 g/mol. The number of likely N-dealkylation sites (tertiary alicyclic amines) is 1. The van der Waals surface area contributed by atoms with Gasteiger partial charge in [0.05, 0.1) is 0 Å². The molecule has 1 unspecified atom stereocenters. The molecule has 5 heteroatoms. The van der Waals surface area contributed by atoms with E-state index in [0.717, 1.165) is 39.1 Å². The average Bonchev–Trinajstić information content (AvgIpc) is 2.33. The molecule has 1 amide bonds. The Bertz CT molecular complexity index is 300. The number of amides is 1. The Hall–Kier alpha value is -0.810. The third-order valence-electron chi connectivity index (χ3n) is 3.34. The van der Waals surface area contributed by atoms with Crippen molar-refractivity contribution in [1.29, 1.82) is 0 Å². The van der Waals surface area contributed by atoms with Crippen LogP contribution in [0, 0.1) is 5.92 Å². The summed E-state index contributed by atoms with van der Waals surface area (Å²) < 4.78 is 5.44. The minimum atomic E-state index is -0.409. The molecule has 0 aromatic carbocycles. The number of carbonyl (C=O) groups is 1. The van der Waals surface area contributed by atoms with E-state index in [-0.39, 0.29) is 6.09 Å². The number of piperidine rings is 1. The van der Waals surface area contributed by atoms with E-state index in [1.807, 2.05) is 25.7 Å². The number of likely N-dealkylation sites (N-methyl/N-ethyl adjacent to an activating group) is 1. The standard InChI is InChI=1S/C15H31N3O2/c1-15(2,3)20-14(19)18-9-6-7-13(12-18)11-16-8-10-17(4)5/h13,16H,6-12H2,1-5H3. The van der Waals surface area contributed by atoms with Gasteiger partial charge in [0.15, 0.2) is 0 Å². The number of nitrogens with one attached hydrogen (secondary N) is 1. The van der Waals surface area contributed by atoms with Crippen LogP contribution >= 0.6 is 0 Å². The first-order valence-electron chi connectivity index (χ1n) is 7.61. The first kappa shape index (κ1) is 17.2. The summed E-state index contributed by atoms with van der Waals surface area (Å²) in [7, 11) is 4.15. The maximum atomic E-state index is 12.1. The van der Waals surface area contributed by atoms with Crippen LogP contribution < -0.4 is 5.32 Å². The number of rotatable bonds is 5. The predicted molar refractivity (Wildman–Crippen MR) is 82.0 cm³/mol. The zero-order valence-electron chi connectivity index (χ0n) is 13.7. The predicted octanol–water partition coefficient (Wildman–Crippen LogP) is 1.78. The van der Waals surface area contributed by atoms with E-state index in [1.165, 1.54) is 6.42 Å². The van der Waals surface area contributed by atoms with Gasteiger partial charge in [-0.25, -0.2) is 4.79 Å². The number of carbonyl (C=O) groups excluding carboxylic acids is 1. The van der Waals surface area contributed by atoms with Crippen molar-refractivity contribution in [2.24, 2.45) is 5.92 Å². The molecule has 20 heavy (non-hydrogen) atoms. The average molecular weight is 285 g/mol. The summed E-state index contributed by atoms with van der Waals surface area (Å²) in [6.07, 6.45) is 2.09. The first-order chi connectivity index (χ1) is 9.28. The Morgan fingerprint density at radius 1 is 1.40 bits per heavy atom. The van der Waals surface area contributed by atoms with Crippen molar-refractivity contribution in [3.63, 3.8) is 0 Å². The molecule has 118 valence electrons. The van der Waals surface area contributed by atoms with Crippen LogP contribution in [0.4, 0.5) is 4.79 Å². The molecule has 1 aliphatic rings. The second-order valence-electron chi connectivity index (χ2n) is 6.94. The van der Waals surface area contributed by atoms with E-state index in [2.05, 4.69) is 24.3 Å². The van der Waals surface area contributed by atoms with E-state index >= 15 is 0 Å². The molecule has 1 aliphatic heterocycles. The van der Waals surface area contributed by atoms with Crippen LogP contribution in [0.2, 0.25) is 0 Å². The van der Waals surface area contributed by atoms with Gasteiger partial charge in [0.1, 0.15) is 5.60 Å². The van der Waals surface area contributed by atoms with Crippen LogP contribution in [0.25, 0.3) is 0 Å². The second-order valence-corrected chi connectivity index (χ2v) is 6.94. The molecule has 0 spiro atoms. The zero-order valence-corrected chi connectivity index (χ0v) is 13.7. The molecular formula is C15H31N3O2. The molecule has 5 nitrogen and oxygen atoms in total. The second kappa shape index (κ2) is 7.84. The lowest BCUT2D eigenvalue weighted by Crippen LogP contribution is -2.45. The highest BCUT2D eigenvalue weighted by atomic mass is 16.6. The molecule has 1 atom stereocenters. The largest absolute Gasteiger partial charge is 0.444 e. The van der Waals surface area contributed by atoms with Gasteiger partial charge in [-0.3, -0.25) is 0 Å². The van der Waals surface area contributed by atoms with Crippen LogP contribution in [0.5, 0.6) is 0 Å². The van der Waals surface area contributed by atoms with Gasteiger partial charge < -0.3 is 19.9 Å². The van der Waals surface area contributed by atoms with Crippen molar-refractivity contribution in [1.82, 2.24) is 15.1 Å². The van der Waals surface area contributed by atoms with E-state index in [1.54, 1.807) is 0 Å². The maximum Gasteiger partial charge on any atom is 0.410 e. The Kier molecular flexibility index (Phi) is 6.76. The third kappa shape index (κ3) is 7.10. The van der Waals surface area contributed by atoms with E-state index in [0.29, 0.717) is 5.92 Å². The van der Waals surface area contributed by atoms with Crippen molar-refractivity contribution in [3.8, 4) is 0 Å². The van der Waals surface area contributed by atoms with E-state index in [9.17, 15) is 4.79 Å². The molecule has 1 N–H and O–H groups in total. The van der Waals surface area contributed by atoms with Gasteiger partial charge in [0.25, 0.3) is 0 Å². The van der Waals surface area contributed by atoms with Crippen LogP contribution in [-0.4, -0.2) is 68.3 Å². The van der Waals surface area contributed by atoms with E-state index in [4.69, 9.17) is 4.74 Å². The molecule has 0 saturated carbocycles. The molecule has 0 aromatic rings. The number of nitrogens with zero attached hydrogens (tertiary/aromatic N) is 2. The SMILES string of the molecule is CN(C)CCNCC1CCCN(C(=O)OC(C)(C)C)C1. The Morgan fingerprint density at radius 3 is 2.70 bits per heavy atom. The summed E-state index contributed by atoms with van der Waals surface area (Å²) in [6.45, 7) is 10.4. The molecule has 0 bridgehead atoms. The summed E-state index contributed by atoms with van der Waals surface area (Å²) in [5.74, 6) is 0.540. The summed E-state index contributed by atoms with van der Waals surface area (Å²) in [6, 6.07) is 0. The lowest BCUT2D eigenvalue weighted by atomic mass is 9.98. The summed E-state index contributed by atoms with van der Waals surface area (Å²) >= 11 is 0. The monoisotopic (exact) mass is 285 g/mol.